The van der Waals surface area contributed by atoms with E-state index in [2.05, 4.69) is 5.32 Å². The fourth-order valence-corrected chi connectivity index (χ4v) is 3.76. The Morgan fingerprint density at radius 2 is 2.11 bits per heavy atom. The van der Waals surface area contributed by atoms with Crippen molar-refractivity contribution in [2.45, 2.75) is 32.2 Å². The average Bonchev–Trinajstić information content (AvgIpc) is 2.73. The summed E-state index contributed by atoms with van der Waals surface area (Å²) in [5, 5.41) is 12.1. The monoisotopic (exact) mass is 287 g/mol. The van der Waals surface area contributed by atoms with Crippen molar-refractivity contribution in [1.29, 1.82) is 0 Å². The van der Waals surface area contributed by atoms with Crippen molar-refractivity contribution in [3.05, 3.63) is 0 Å². The largest absolute Gasteiger partial charge is 0.481 e. The smallest absolute Gasteiger partial charge is 0.313 e. The van der Waals surface area contributed by atoms with E-state index in [-0.39, 0.29) is 19.1 Å². The Kier molecular flexibility index (Phi) is 4.73. The molecule has 5 nitrogen and oxygen atoms in total. The molecule has 0 aliphatic carbocycles. The zero-order valence-corrected chi connectivity index (χ0v) is 12.0. The zero-order chi connectivity index (χ0) is 13.9. The van der Waals surface area contributed by atoms with Gasteiger partial charge in [-0.25, -0.2) is 0 Å². The maximum Gasteiger partial charge on any atom is 0.313 e. The van der Waals surface area contributed by atoms with Crippen LogP contribution in [0.1, 0.15) is 26.2 Å². The van der Waals surface area contributed by atoms with E-state index in [1.165, 1.54) is 0 Å². The van der Waals surface area contributed by atoms with Crippen molar-refractivity contribution in [3.8, 4) is 0 Å². The zero-order valence-electron chi connectivity index (χ0n) is 11.2. The van der Waals surface area contributed by atoms with E-state index >= 15 is 0 Å². The summed E-state index contributed by atoms with van der Waals surface area (Å²) < 4.78 is 5.23. The van der Waals surface area contributed by atoms with Gasteiger partial charge in [-0.2, -0.15) is 11.8 Å². The summed E-state index contributed by atoms with van der Waals surface area (Å²) in [5.74, 6) is 1.73. The SMILES string of the molecule is CC1(C(=O)O)COCC1NC(=O)CC1CCSCC1. The molecule has 0 saturated carbocycles. The van der Waals surface area contributed by atoms with Gasteiger partial charge in [0, 0.05) is 6.42 Å². The number of rotatable bonds is 4. The number of aliphatic carboxylic acids is 1. The van der Waals surface area contributed by atoms with Gasteiger partial charge in [-0.3, -0.25) is 9.59 Å². The van der Waals surface area contributed by atoms with Crippen molar-refractivity contribution in [1.82, 2.24) is 5.32 Å². The summed E-state index contributed by atoms with van der Waals surface area (Å²) in [5.41, 5.74) is -1.00. The minimum absolute atomic E-state index is 0.0418. The van der Waals surface area contributed by atoms with Gasteiger partial charge < -0.3 is 15.2 Å². The lowest BCUT2D eigenvalue weighted by Gasteiger charge is -2.27. The first-order chi connectivity index (χ1) is 9.02. The molecule has 19 heavy (non-hydrogen) atoms. The highest BCUT2D eigenvalue weighted by molar-refractivity contribution is 7.99. The Balaban J connectivity index is 1.86. The van der Waals surface area contributed by atoms with Crippen LogP contribution in [0, 0.1) is 11.3 Å². The third-order valence-electron chi connectivity index (χ3n) is 4.09. The van der Waals surface area contributed by atoms with E-state index in [4.69, 9.17) is 4.74 Å². The number of nitrogens with one attached hydrogen (secondary N) is 1. The molecule has 0 radical (unpaired) electrons. The number of hydrogen-bond donors (Lipinski definition) is 2. The molecular weight excluding hydrogens is 266 g/mol. The lowest BCUT2D eigenvalue weighted by Crippen LogP contribution is -2.50. The van der Waals surface area contributed by atoms with Gasteiger partial charge in [0.1, 0.15) is 5.41 Å². The summed E-state index contributed by atoms with van der Waals surface area (Å²) in [6.07, 6.45) is 2.66. The molecule has 2 atom stereocenters. The molecule has 108 valence electrons. The molecule has 0 bridgehead atoms. The predicted octanol–water partition coefficient (Wildman–Crippen LogP) is 1.13. The van der Waals surface area contributed by atoms with Crippen LogP contribution < -0.4 is 5.32 Å². The second-order valence-corrected chi connectivity index (χ2v) is 6.84. The van der Waals surface area contributed by atoms with Crippen LogP contribution in [-0.4, -0.2) is 47.7 Å². The number of ether oxygens (including phenoxy) is 1. The quantitative estimate of drug-likeness (QED) is 0.810. The number of thioether (sulfide) groups is 1. The molecule has 6 heteroatoms. The van der Waals surface area contributed by atoms with Crippen molar-refractivity contribution in [2.24, 2.45) is 11.3 Å². The van der Waals surface area contributed by atoms with Gasteiger partial charge in [-0.05, 0) is 37.2 Å². The van der Waals surface area contributed by atoms with E-state index in [0.29, 0.717) is 12.3 Å². The van der Waals surface area contributed by atoms with E-state index in [1.807, 2.05) is 11.8 Å². The molecule has 1 amide bonds. The van der Waals surface area contributed by atoms with Crippen molar-refractivity contribution in [2.75, 3.05) is 24.7 Å². The fraction of sp³-hybridized carbons (Fsp3) is 0.846. The summed E-state index contributed by atoms with van der Waals surface area (Å²) in [6.45, 7) is 2.08. The molecule has 0 aromatic rings. The lowest BCUT2D eigenvalue weighted by atomic mass is 9.85. The normalized spacial score (nSPS) is 32.2. The Bertz CT molecular complexity index is 357. The van der Waals surface area contributed by atoms with Crippen LogP contribution in [0.5, 0.6) is 0 Å². The number of amides is 1. The predicted molar refractivity (Wildman–Crippen MR) is 73.2 cm³/mol. The Morgan fingerprint density at radius 3 is 2.74 bits per heavy atom. The third kappa shape index (κ3) is 3.42. The Morgan fingerprint density at radius 1 is 1.42 bits per heavy atom. The minimum Gasteiger partial charge on any atom is -0.481 e. The van der Waals surface area contributed by atoms with Crippen LogP contribution in [0.25, 0.3) is 0 Å². The van der Waals surface area contributed by atoms with Gasteiger partial charge in [-0.1, -0.05) is 0 Å². The molecule has 0 spiro atoms. The van der Waals surface area contributed by atoms with Crippen LogP contribution in [-0.2, 0) is 14.3 Å². The Hall–Kier alpha value is -0.750. The average molecular weight is 287 g/mol. The highest BCUT2D eigenvalue weighted by Crippen LogP contribution is 2.29. The number of carboxylic acids is 1. The molecule has 2 aliphatic rings. The molecule has 2 heterocycles. The molecule has 2 aliphatic heterocycles. The van der Waals surface area contributed by atoms with E-state index in [0.717, 1.165) is 24.3 Å². The summed E-state index contributed by atoms with van der Waals surface area (Å²) in [6, 6.07) is -0.421. The van der Waals surface area contributed by atoms with E-state index in [9.17, 15) is 14.7 Å². The first-order valence-electron chi connectivity index (χ1n) is 6.70. The summed E-state index contributed by atoms with van der Waals surface area (Å²) >= 11 is 1.93. The van der Waals surface area contributed by atoms with Gasteiger partial charge in [0.25, 0.3) is 0 Å². The van der Waals surface area contributed by atoms with Crippen LogP contribution in [0.2, 0.25) is 0 Å². The topological polar surface area (TPSA) is 75.6 Å². The first-order valence-corrected chi connectivity index (χ1v) is 7.86. The third-order valence-corrected chi connectivity index (χ3v) is 5.14. The standard InChI is InChI=1S/C13H21NO4S/c1-13(12(16)17)8-18-7-10(13)14-11(15)6-9-2-4-19-5-3-9/h9-10H,2-8H2,1H3,(H,14,15)(H,16,17). The molecule has 2 N–H and O–H groups in total. The lowest BCUT2D eigenvalue weighted by molar-refractivity contribution is -0.149. The van der Waals surface area contributed by atoms with Crippen LogP contribution in [0.4, 0.5) is 0 Å². The molecule has 0 aromatic carbocycles. The van der Waals surface area contributed by atoms with Crippen molar-refractivity contribution >= 4 is 23.6 Å². The molecule has 2 rings (SSSR count). The number of hydrogen-bond acceptors (Lipinski definition) is 4. The van der Waals surface area contributed by atoms with E-state index in [1.54, 1.807) is 6.92 Å². The Labute approximate surface area is 117 Å². The van der Waals surface area contributed by atoms with Crippen LogP contribution in [0.3, 0.4) is 0 Å². The first kappa shape index (κ1) is 14.7. The summed E-state index contributed by atoms with van der Waals surface area (Å²) in [4.78, 5) is 23.3. The van der Waals surface area contributed by atoms with Gasteiger partial charge >= 0.3 is 5.97 Å². The van der Waals surface area contributed by atoms with Gasteiger partial charge in [0.2, 0.25) is 5.91 Å². The highest BCUT2D eigenvalue weighted by atomic mass is 32.2. The van der Waals surface area contributed by atoms with Gasteiger partial charge in [-0.15, -0.1) is 0 Å². The van der Waals surface area contributed by atoms with Crippen LogP contribution in [0.15, 0.2) is 0 Å². The molecule has 2 saturated heterocycles. The van der Waals surface area contributed by atoms with Crippen molar-refractivity contribution < 1.29 is 19.4 Å². The maximum absolute atomic E-state index is 12.0. The molecule has 2 fully saturated rings. The van der Waals surface area contributed by atoms with Crippen LogP contribution >= 0.6 is 11.8 Å². The molecular formula is C13H21NO4S. The molecule has 0 aromatic heterocycles. The number of carbonyl (C=O) groups excluding carboxylic acids is 1. The maximum atomic E-state index is 12.0. The highest BCUT2D eigenvalue weighted by Gasteiger charge is 2.47. The summed E-state index contributed by atoms with van der Waals surface area (Å²) in [7, 11) is 0. The second kappa shape index (κ2) is 6.13. The van der Waals surface area contributed by atoms with Gasteiger partial charge in [0.15, 0.2) is 0 Å². The minimum atomic E-state index is -1.00. The van der Waals surface area contributed by atoms with E-state index < -0.39 is 17.4 Å². The van der Waals surface area contributed by atoms with Crippen molar-refractivity contribution in [3.63, 3.8) is 0 Å². The van der Waals surface area contributed by atoms with Gasteiger partial charge in [0.05, 0.1) is 19.3 Å². The number of carboxylic acid groups (broad SMARTS) is 1. The number of carbonyl (C=O) groups is 2. The fourth-order valence-electron chi connectivity index (χ4n) is 2.55. The molecule has 2 unspecified atom stereocenters. The second-order valence-electron chi connectivity index (χ2n) is 5.62.